The number of rotatable bonds is 1. The van der Waals surface area contributed by atoms with Crippen molar-refractivity contribution in [2.45, 2.75) is 12.3 Å². The van der Waals surface area contributed by atoms with Gasteiger partial charge in [-0.3, -0.25) is 4.98 Å². The quantitative estimate of drug-likeness (QED) is 0.473. The fraction of sp³-hybridized carbons (Fsp3) is 0.200. The van der Waals surface area contributed by atoms with Gasteiger partial charge in [-0.2, -0.15) is 13.2 Å². The first-order chi connectivity index (χ1) is 13.3. The number of nitrogens with zero attached hydrogens (tertiary/aromatic N) is 2. The molecule has 3 nitrogen and oxygen atoms in total. The smallest absolute Gasteiger partial charge is 0.416 e. The van der Waals surface area contributed by atoms with Gasteiger partial charge in [0.1, 0.15) is 16.8 Å². The molecule has 0 N–H and O–H groups in total. The monoisotopic (exact) mass is 422 g/mol. The summed E-state index contributed by atoms with van der Waals surface area (Å²) in [6.07, 6.45) is -3.42. The Hall–Kier alpha value is -2.38. The van der Waals surface area contributed by atoms with Crippen LogP contribution in [0.5, 0.6) is 5.75 Å². The van der Waals surface area contributed by atoms with Crippen molar-refractivity contribution in [3.63, 3.8) is 0 Å². The lowest BCUT2D eigenvalue weighted by Crippen LogP contribution is -2.29. The van der Waals surface area contributed by atoms with Gasteiger partial charge in [0, 0.05) is 29.2 Å². The molecule has 0 amide bonds. The van der Waals surface area contributed by atoms with E-state index in [-0.39, 0.29) is 5.52 Å². The summed E-state index contributed by atoms with van der Waals surface area (Å²) in [5.41, 5.74) is 0.783. The maximum atomic E-state index is 13.1. The van der Waals surface area contributed by atoms with Gasteiger partial charge in [0.05, 0.1) is 23.2 Å². The van der Waals surface area contributed by atoms with Crippen LogP contribution in [0.15, 0.2) is 48.7 Å². The zero-order valence-electron chi connectivity index (χ0n) is 14.6. The first-order valence-corrected chi connectivity index (χ1v) is 9.21. The van der Waals surface area contributed by atoms with E-state index in [0.29, 0.717) is 33.3 Å². The Bertz CT molecular complexity index is 1090. The highest BCUT2D eigenvalue weighted by atomic mass is 35.5. The number of benzene rings is 2. The summed E-state index contributed by atoms with van der Waals surface area (Å²) in [5, 5.41) is 1.02. The molecule has 28 heavy (non-hydrogen) atoms. The van der Waals surface area contributed by atoms with Crippen LogP contribution in [0.25, 0.3) is 10.9 Å². The average Bonchev–Trinajstić information content (AvgIpc) is 2.78. The van der Waals surface area contributed by atoms with Gasteiger partial charge < -0.3 is 9.64 Å². The molecule has 0 spiro atoms. The molecule has 1 aromatic heterocycles. The van der Waals surface area contributed by atoms with Gasteiger partial charge in [0.15, 0.2) is 0 Å². The number of thiocarbonyl (C=S) groups is 1. The average molecular weight is 423 g/mol. The predicted octanol–water partition coefficient (Wildman–Crippen LogP) is 5.65. The minimum atomic E-state index is -4.45. The van der Waals surface area contributed by atoms with E-state index < -0.39 is 17.8 Å². The van der Waals surface area contributed by atoms with E-state index >= 15 is 0 Å². The van der Waals surface area contributed by atoms with Crippen LogP contribution in [0.4, 0.5) is 13.2 Å². The molecule has 0 fully saturated rings. The molecule has 1 unspecified atom stereocenters. The first-order valence-electron chi connectivity index (χ1n) is 8.42. The van der Waals surface area contributed by atoms with Crippen molar-refractivity contribution in [2.24, 2.45) is 0 Å². The summed E-state index contributed by atoms with van der Waals surface area (Å²) in [7, 11) is 1.83. The molecule has 2 aromatic carbocycles. The number of likely N-dealkylation sites (N-methyl/N-ethyl adjacent to an activating group) is 1. The number of alkyl halides is 3. The fourth-order valence-corrected chi connectivity index (χ4v) is 3.72. The predicted molar refractivity (Wildman–Crippen MR) is 106 cm³/mol. The van der Waals surface area contributed by atoms with Crippen LogP contribution >= 0.6 is 23.8 Å². The molecule has 0 saturated carbocycles. The van der Waals surface area contributed by atoms with Crippen LogP contribution in [-0.2, 0) is 6.18 Å². The fourth-order valence-electron chi connectivity index (χ4n) is 3.24. The van der Waals surface area contributed by atoms with E-state index in [1.807, 2.05) is 30.1 Å². The summed E-state index contributed by atoms with van der Waals surface area (Å²) in [5.74, 6) is 0.415. The summed E-state index contributed by atoms with van der Waals surface area (Å²) < 4.78 is 45.4. The zero-order valence-corrected chi connectivity index (χ0v) is 16.2. The van der Waals surface area contributed by atoms with Crippen molar-refractivity contribution in [2.75, 3.05) is 13.6 Å². The SMILES string of the molecule is CN1CC(c2ccccc2Cl)Oc2c(cnc3cc(C(F)(F)F)ccc23)C1=S. The van der Waals surface area contributed by atoms with Crippen molar-refractivity contribution < 1.29 is 17.9 Å². The minimum absolute atomic E-state index is 0.193. The van der Waals surface area contributed by atoms with Crippen LogP contribution in [-0.4, -0.2) is 28.5 Å². The third kappa shape index (κ3) is 3.29. The van der Waals surface area contributed by atoms with Crippen LogP contribution in [0.1, 0.15) is 22.8 Å². The molecule has 2 heterocycles. The Morgan fingerprint density at radius 1 is 1.21 bits per heavy atom. The molecule has 3 aromatic rings. The second-order valence-electron chi connectivity index (χ2n) is 6.54. The number of ether oxygens (including phenoxy) is 1. The third-order valence-corrected chi connectivity index (χ3v) is 5.55. The second-order valence-corrected chi connectivity index (χ2v) is 7.34. The number of halogens is 4. The molecule has 1 atom stereocenters. The van der Waals surface area contributed by atoms with E-state index in [2.05, 4.69) is 4.98 Å². The summed E-state index contributed by atoms with van der Waals surface area (Å²) in [4.78, 5) is 6.56. The largest absolute Gasteiger partial charge is 0.482 e. The Morgan fingerprint density at radius 2 is 1.96 bits per heavy atom. The van der Waals surface area contributed by atoms with Crippen molar-refractivity contribution in [1.82, 2.24) is 9.88 Å². The topological polar surface area (TPSA) is 25.4 Å². The number of fused-ring (bicyclic) bond motifs is 3. The molecule has 8 heteroatoms. The van der Waals surface area contributed by atoms with Crippen molar-refractivity contribution >= 4 is 39.7 Å². The number of pyridine rings is 1. The van der Waals surface area contributed by atoms with Gasteiger partial charge >= 0.3 is 6.18 Å². The molecule has 0 bridgehead atoms. The van der Waals surface area contributed by atoms with Gasteiger partial charge in [0.25, 0.3) is 0 Å². The molecule has 0 radical (unpaired) electrons. The summed E-state index contributed by atoms with van der Waals surface area (Å²) >= 11 is 11.9. The third-order valence-electron chi connectivity index (χ3n) is 4.68. The van der Waals surface area contributed by atoms with Gasteiger partial charge in [-0.05, 0) is 24.3 Å². The maximum Gasteiger partial charge on any atom is 0.416 e. The molecular formula is C20H14ClF3N2OS. The molecule has 1 aliphatic rings. The van der Waals surface area contributed by atoms with E-state index in [1.165, 1.54) is 12.3 Å². The van der Waals surface area contributed by atoms with Crippen LogP contribution in [0, 0.1) is 0 Å². The maximum absolute atomic E-state index is 13.1. The highest BCUT2D eigenvalue weighted by Crippen LogP contribution is 2.39. The van der Waals surface area contributed by atoms with E-state index in [9.17, 15) is 13.2 Å². The standard InChI is InChI=1S/C20H14ClF3N2OS/c1-26-10-17(12-4-2-3-5-15(12)21)27-18-13-7-6-11(20(22,23)24)8-16(13)25-9-14(18)19(26)28/h2-9,17H,10H2,1H3. The minimum Gasteiger partial charge on any atom is -0.482 e. The van der Waals surface area contributed by atoms with Gasteiger partial charge in [-0.1, -0.05) is 42.0 Å². The molecule has 0 saturated heterocycles. The second kappa shape index (κ2) is 6.90. The molecule has 4 rings (SSSR count). The van der Waals surface area contributed by atoms with E-state index in [4.69, 9.17) is 28.6 Å². The number of aromatic nitrogens is 1. The Balaban J connectivity index is 1.89. The molecule has 0 aliphatic carbocycles. The highest BCUT2D eigenvalue weighted by Gasteiger charge is 2.32. The summed E-state index contributed by atoms with van der Waals surface area (Å²) in [6, 6.07) is 10.7. The zero-order chi connectivity index (χ0) is 20.1. The highest BCUT2D eigenvalue weighted by molar-refractivity contribution is 7.80. The van der Waals surface area contributed by atoms with Crippen LogP contribution in [0.3, 0.4) is 0 Å². The van der Waals surface area contributed by atoms with Crippen molar-refractivity contribution in [3.05, 3.63) is 70.4 Å². The van der Waals surface area contributed by atoms with Crippen LogP contribution < -0.4 is 4.74 Å². The van der Waals surface area contributed by atoms with Crippen molar-refractivity contribution in [1.29, 1.82) is 0 Å². The first kappa shape index (κ1) is 19.0. The van der Waals surface area contributed by atoms with Gasteiger partial charge in [-0.25, -0.2) is 0 Å². The lowest BCUT2D eigenvalue weighted by atomic mass is 10.1. The van der Waals surface area contributed by atoms with Gasteiger partial charge in [0.2, 0.25) is 0 Å². The molecular weight excluding hydrogens is 409 g/mol. The lowest BCUT2D eigenvalue weighted by molar-refractivity contribution is -0.137. The van der Waals surface area contributed by atoms with Crippen LogP contribution in [0.2, 0.25) is 5.02 Å². The molecule has 1 aliphatic heterocycles. The number of hydrogen-bond donors (Lipinski definition) is 0. The Labute approximate surface area is 169 Å². The Morgan fingerprint density at radius 3 is 2.68 bits per heavy atom. The van der Waals surface area contributed by atoms with E-state index in [1.54, 1.807) is 6.07 Å². The summed E-state index contributed by atoms with van der Waals surface area (Å²) in [6.45, 7) is 0.444. The lowest BCUT2D eigenvalue weighted by Gasteiger charge is -2.23. The normalized spacial score (nSPS) is 17.2. The Kier molecular flexibility index (Phi) is 4.67. The van der Waals surface area contributed by atoms with Gasteiger partial charge in [-0.15, -0.1) is 0 Å². The van der Waals surface area contributed by atoms with Crippen molar-refractivity contribution in [3.8, 4) is 5.75 Å². The van der Waals surface area contributed by atoms with E-state index in [0.717, 1.165) is 17.7 Å². The number of hydrogen-bond acceptors (Lipinski definition) is 3. The molecule has 144 valence electrons.